The second-order valence-corrected chi connectivity index (χ2v) is 7.62. The van der Waals surface area contributed by atoms with Crippen molar-refractivity contribution >= 4 is 23.3 Å². The van der Waals surface area contributed by atoms with Gasteiger partial charge in [-0.25, -0.2) is 0 Å². The fraction of sp³-hybridized carbons (Fsp3) is 0.240. The lowest BCUT2D eigenvalue weighted by Crippen LogP contribution is -2.29. The van der Waals surface area contributed by atoms with Gasteiger partial charge in [-0.05, 0) is 43.2 Å². The Morgan fingerprint density at radius 1 is 1.12 bits per heavy atom. The van der Waals surface area contributed by atoms with Crippen LogP contribution in [0.25, 0.3) is 5.76 Å². The summed E-state index contributed by atoms with van der Waals surface area (Å²) in [5, 5.41) is 15.1. The van der Waals surface area contributed by atoms with Gasteiger partial charge >= 0.3 is 5.91 Å². The molecule has 4 rings (SSSR count). The zero-order chi connectivity index (χ0) is 23.5. The number of aliphatic hydroxyl groups is 1. The zero-order valence-corrected chi connectivity index (χ0v) is 18.6. The summed E-state index contributed by atoms with van der Waals surface area (Å²) >= 11 is 0. The number of methoxy groups -OCH3 is 1. The van der Waals surface area contributed by atoms with Crippen molar-refractivity contribution in [1.29, 1.82) is 0 Å². The third kappa shape index (κ3) is 4.19. The van der Waals surface area contributed by atoms with Crippen molar-refractivity contribution in [2.45, 2.75) is 26.3 Å². The number of amides is 1. The van der Waals surface area contributed by atoms with E-state index in [2.05, 4.69) is 5.16 Å². The number of ketones is 1. The summed E-state index contributed by atoms with van der Waals surface area (Å²) in [6.45, 7) is 4.22. The Hall–Kier alpha value is -4.07. The minimum atomic E-state index is -0.925. The van der Waals surface area contributed by atoms with Gasteiger partial charge in [0.1, 0.15) is 23.0 Å². The van der Waals surface area contributed by atoms with Crippen LogP contribution in [-0.4, -0.2) is 35.7 Å². The van der Waals surface area contributed by atoms with Crippen molar-refractivity contribution in [2.24, 2.45) is 0 Å². The molecule has 1 fully saturated rings. The first-order valence-corrected chi connectivity index (χ1v) is 10.6. The van der Waals surface area contributed by atoms with Crippen LogP contribution in [0.2, 0.25) is 0 Å². The Labute approximate surface area is 191 Å². The predicted octanol–water partition coefficient (Wildman–Crippen LogP) is 4.41. The first-order chi connectivity index (χ1) is 15.9. The molecule has 1 amide bonds. The number of anilines is 1. The summed E-state index contributed by atoms with van der Waals surface area (Å²) in [5.74, 6) is -0.162. The van der Waals surface area contributed by atoms with E-state index in [1.165, 1.54) is 12.0 Å². The van der Waals surface area contributed by atoms with Gasteiger partial charge in [-0.15, -0.1) is 0 Å². The maximum Gasteiger partial charge on any atom is 0.301 e. The lowest BCUT2D eigenvalue weighted by molar-refractivity contribution is -0.132. The van der Waals surface area contributed by atoms with E-state index >= 15 is 0 Å². The highest BCUT2D eigenvalue weighted by Gasteiger charge is 2.48. The fourth-order valence-electron chi connectivity index (χ4n) is 3.77. The Morgan fingerprint density at radius 3 is 2.58 bits per heavy atom. The minimum absolute atomic E-state index is 0.0541. The average molecular weight is 448 g/mol. The van der Waals surface area contributed by atoms with Gasteiger partial charge < -0.3 is 19.1 Å². The van der Waals surface area contributed by atoms with Gasteiger partial charge in [0.05, 0.1) is 25.3 Å². The van der Waals surface area contributed by atoms with Crippen LogP contribution in [0.5, 0.6) is 11.5 Å². The van der Waals surface area contributed by atoms with Gasteiger partial charge in [0, 0.05) is 11.6 Å². The van der Waals surface area contributed by atoms with Crippen LogP contribution < -0.4 is 14.4 Å². The predicted molar refractivity (Wildman–Crippen MR) is 121 cm³/mol. The van der Waals surface area contributed by atoms with E-state index in [0.717, 1.165) is 6.42 Å². The molecule has 8 heteroatoms. The molecular formula is C25H24N2O6. The standard InChI is InChI=1S/C25H24N2O6/c1-4-11-32-19-10-5-7-16(13-19)22-21(23(28)17-8-6-9-18(14-17)31-3)24(29)25(30)27(22)20-12-15(2)33-26-20/h5-10,12-14,22,28H,4,11H2,1-3H3/b23-21+. The summed E-state index contributed by atoms with van der Waals surface area (Å²) in [7, 11) is 1.51. The average Bonchev–Trinajstić information content (AvgIpc) is 3.37. The molecule has 2 heterocycles. The van der Waals surface area contributed by atoms with E-state index in [1.807, 2.05) is 6.92 Å². The molecule has 3 aromatic rings. The largest absolute Gasteiger partial charge is 0.507 e. The number of rotatable bonds is 7. The fourth-order valence-corrected chi connectivity index (χ4v) is 3.77. The molecule has 1 saturated heterocycles. The molecule has 8 nitrogen and oxygen atoms in total. The van der Waals surface area contributed by atoms with E-state index in [4.69, 9.17) is 14.0 Å². The molecule has 1 unspecified atom stereocenters. The number of aliphatic hydroxyl groups excluding tert-OH is 1. The third-order valence-electron chi connectivity index (χ3n) is 5.30. The van der Waals surface area contributed by atoms with Crippen LogP contribution in [0.3, 0.4) is 0 Å². The van der Waals surface area contributed by atoms with Crippen LogP contribution in [-0.2, 0) is 9.59 Å². The topological polar surface area (TPSA) is 102 Å². The second-order valence-electron chi connectivity index (χ2n) is 7.62. The summed E-state index contributed by atoms with van der Waals surface area (Å²) in [6, 6.07) is 14.4. The molecule has 1 N–H and O–H groups in total. The van der Waals surface area contributed by atoms with Crippen molar-refractivity contribution in [3.8, 4) is 11.5 Å². The smallest absolute Gasteiger partial charge is 0.301 e. The Kier molecular flexibility index (Phi) is 6.17. The molecule has 1 atom stereocenters. The molecule has 0 radical (unpaired) electrons. The molecular weight excluding hydrogens is 424 g/mol. The quantitative estimate of drug-likeness (QED) is 0.325. The Balaban J connectivity index is 1.90. The van der Waals surface area contributed by atoms with Gasteiger partial charge in [0.25, 0.3) is 5.78 Å². The van der Waals surface area contributed by atoms with Gasteiger partial charge in [-0.3, -0.25) is 14.5 Å². The van der Waals surface area contributed by atoms with Crippen LogP contribution in [0.4, 0.5) is 5.82 Å². The highest BCUT2D eigenvalue weighted by Crippen LogP contribution is 2.42. The maximum absolute atomic E-state index is 13.2. The van der Waals surface area contributed by atoms with E-state index in [-0.39, 0.29) is 17.2 Å². The second kappa shape index (κ2) is 9.20. The number of nitrogens with zero attached hydrogens (tertiary/aromatic N) is 2. The summed E-state index contributed by atoms with van der Waals surface area (Å²) < 4.78 is 16.1. The van der Waals surface area contributed by atoms with Crippen LogP contribution in [0.1, 0.15) is 36.3 Å². The number of Topliss-reactive ketones (excluding diaryl/α,β-unsaturated/α-hetero) is 1. The Bertz CT molecular complexity index is 1230. The summed E-state index contributed by atoms with van der Waals surface area (Å²) in [5.41, 5.74) is 0.890. The molecule has 0 bridgehead atoms. The third-order valence-corrected chi connectivity index (χ3v) is 5.30. The van der Waals surface area contributed by atoms with Crippen LogP contribution >= 0.6 is 0 Å². The van der Waals surface area contributed by atoms with E-state index in [0.29, 0.717) is 35.0 Å². The monoisotopic (exact) mass is 448 g/mol. The summed E-state index contributed by atoms with van der Waals surface area (Å²) in [4.78, 5) is 27.5. The molecule has 0 spiro atoms. The highest BCUT2D eigenvalue weighted by molar-refractivity contribution is 6.51. The molecule has 170 valence electrons. The molecule has 33 heavy (non-hydrogen) atoms. The van der Waals surface area contributed by atoms with E-state index in [1.54, 1.807) is 61.5 Å². The van der Waals surface area contributed by atoms with Gasteiger partial charge in [-0.1, -0.05) is 36.3 Å². The first-order valence-electron chi connectivity index (χ1n) is 10.6. The maximum atomic E-state index is 13.2. The lowest BCUT2D eigenvalue weighted by atomic mass is 9.95. The van der Waals surface area contributed by atoms with Crippen molar-refractivity contribution in [1.82, 2.24) is 5.16 Å². The zero-order valence-electron chi connectivity index (χ0n) is 18.6. The first kappa shape index (κ1) is 22.1. The van der Waals surface area contributed by atoms with Gasteiger partial charge in [-0.2, -0.15) is 0 Å². The number of ether oxygens (including phenoxy) is 2. The van der Waals surface area contributed by atoms with Crippen LogP contribution in [0.15, 0.2) is 64.7 Å². The number of hydrogen-bond donors (Lipinski definition) is 1. The molecule has 1 aliphatic rings. The molecule has 1 aromatic heterocycles. The van der Waals surface area contributed by atoms with Crippen molar-refractivity contribution in [3.63, 3.8) is 0 Å². The number of carbonyl (C=O) groups is 2. The van der Waals surface area contributed by atoms with Gasteiger partial charge in [0.2, 0.25) is 0 Å². The van der Waals surface area contributed by atoms with Crippen molar-refractivity contribution in [2.75, 3.05) is 18.6 Å². The highest BCUT2D eigenvalue weighted by atomic mass is 16.5. The SMILES string of the molecule is CCCOc1cccc(C2/C(=C(\O)c3cccc(OC)c3)C(=O)C(=O)N2c2cc(C)on2)c1. The van der Waals surface area contributed by atoms with Crippen molar-refractivity contribution < 1.29 is 28.7 Å². The summed E-state index contributed by atoms with van der Waals surface area (Å²) in [6.07, 6.45) is 0.830. The van der Waals surface area contributed by atoms with Crippen LogP contribution in [0, 0.1) is 6.92 Å². The molecule has 1 aliphatic heterocycles. The van der Waals surface area contributed by atoms with Gasteiger partial charge in [0.15, 0.2) is 5.82 Å². The number of hydrogen-bond acceptors (Lipinski definition) is 7. The lowest BCUT2D eigenvalue weighted by Gasteiger charge is -2.23. The number of benzene rings is 2. The molecule has 0 aliphatic carbocycles. The Morgan fingerprint density at radius 2 is 1.88 bits per heavy atom. The number of aryl methyl sites for hydroxylation is 1. The number of aromatic nitrogens is 1. The minimum Gasteiger partial charge on any atom is -0.507 e. The van der Waals surface area contributed by atoms with E-state index < -0.39 is 17.7 Å². The number of carbonyl (C=O) groups excluding carboxylic acids is 2. The molecule has 0 saturated carbocycles. The molecule has 2 aromatic carbocycles. The normalized spacial score (nSPS) is 17.4. The van der Waals surface area contributed by atoms with E-state index in [9.17, 15) is 14.7 Å². The van der Waals surface area contributed by atoms with Crippen molar-refractivity contribution in [3.05, 3.63) is 77.1 Å².